The molecule has 2 atom stereocenters. The van der Waals surface area contributed by atoms with E-state index >= 15 is 0 Å². The molecule has 6 nitrogen and oxygen atoms in total. The van der Waals surface area contributed by atoms with Crippen molar-refractivity contribution in [3.05, 3.63) is 17.5 Å². The summed E-state index contributed by atoms with van der Waals surface area (Å²) in [6, 6.07) is 0.272. The van der Waals surface area contributed by atoms with Crippen LogP contribution in [0.15, 0.2) is 6.20 Å². The van der Waals surface area contributed by atoms with Crippen molar-refractivity contribution >= 4 is 11.8 Å². The molecule has 3 fully saturated rings. The molecule has 2 saturated carbocycles. The summed E-state index contributed by atoms with van der Waals surface area (Å²) >= 11 is 0. The topological polar surface area (TPSA) is 67.2 Å². The molecule has 2 heterocycles. The molecule has 1 aromatic rings. The van der Waals surface area contributed by atoms with E-state index in [0.717, 1.165) is 57.2 Å². The Kier molecular flexibility index (Phi) is 5.74. The monoisotopic (exact) mass is 386 g/mol. The van der Waals surface area contributed by atoms with Crippen LogP contribution in [0.3, 0.4) is 0 Å². The van der Waals surface area contributed by atoms with E-state index in [1.165, 1.54) is 19.3 Å². The Labute approximate surface area is 168 Å². The molecule has 0 radical (unpaired) electrons. The van der Waals surface area contributed by atoms with E-state index < -0.39 is 0 Å². The van der Waals surface area contributed by atoms with Gasteiger partial charge in [0.15, 0.2) is 0 Å². The number of nitrogens with zero attached hydrogens (tertiary/aromatic N) is 3. The molecule has 1 aromatic heterocycles. The van der Waals surface area contributed by atoms with Crippen molar-refractivity contribution in [3.63, 3.8) is 0 Å². The predicted octanol–water partition coefficient (Wildman–Crippen LogP) is 3.79. The van der Waals surface area contributed by atoms with Crippen LogP contribution in [-0.4, -0.2) is 45.1 Å². The lowest BCUT2D eigenvalue weighted by Crippen LogP contribution is -2.55. The molecule has 0 bridgehead atoms. The fourth-order valence-corrected chi connectivity index (χ4v) is 4.86. The number of amides is 2. The van der Waals surface area contributed by atoms with Gasteiger partial charge in [0.1, 0.15) is 6.04 Å². The van der Waals surface area contributed by atoms with Crippen molar-refractivity contribution in [1.82, 2.24) is 20.0 Å². The van der Waals surface area contributed by atoms with Gasteiger partial charge in [-0.05, 0) is 51.9 Å². The van der Waals surface area contributed by atoms with Crippen LogP contribution in [0.2, 0.25) is 0 Å². The average Bonchev–Trinajstić information content (AvgIpc) is 3.47. The number of rotatable bonds is 6. The standard InChI is InChI=1S/C22H34N4O2/c1-3-15(2)26-20(16-11-12-16)18(14-23-26)21(27)24-19-10-7-13-25(22(19)28)17-8-5-4-6-9-17/h14-17,19H,3-13H2,1-2H3,(H,24,27). The molecule has 1 aliphatic heterocycles. The second kappa shape index (κ2) is 8.26. The smallest absolute Gasteiger partial charge is 0.255 e. The van der Waals surface area contributed by atoms with E-state index in [2.05, 4.69) is 29.2 Å². The average molecular weight is 387 g/mol. The predicted molar refractivity (Wildman–Crippen MR) is 108 cm³/mol. The molecule has 154 valence electrons. The quantitative estimate of drug-likeness (QED) is 0.809. The Morgan fingerprint density at radius 3 is 2.61 bits per heavy atom. The number of hydrogen-bond acceptors (Lipinski definition) is 3. The molecule has 6 heteroatoms. The zero-order valence-corrected chi connectivity index (χ0v) is 17.3. The van der Waals surface area contributed by atoms with E-state index in [-0.39, 0.29) is 23.9 Å². The molecule has 0 spiro atoms. The molecule has 4 rings (SSSR count). The van der Waals surface area contributed by atoms with Gasteiger partial charge in [-0.25, -0.2) is 0 Å². The highest BCUT2D eigenvalue weighted by molar-refractivity contribution is 5.98. The molecular weight excluding hydrogens is 352 g/mol. The first-order chi connectivity index (χ1) is 13.6. The molecule has 2 amide bonds. The van der Waals surface area contributed by atoms with Crippen LogP contribution < -0.4 is 5.32 Å². The molecular formula is C22H34N4O2. The molecule has 28 heavy (non-hydrogen) atoms. The maximum Gasteiger partial charge on any atom is 0.255 e. The van der Waals surface area contributed by atoms with Crippen LogP contribution in [0, 0.1) is 0 Å². The number of hydrogen-bond donors (Lipinski definition) is 1. The summed E-state index contributed by atoms with van der Waals surface area (Å²) in [6.07, 6.45) is 12.6. The van der Waals surface area contributed by atoms with Gasteiger partial charge in [0.05, 0.1) is 17.5 Å². The Balaban J connectivity index is 1.47. The van der Waals surface area contributed by atoms with Crippen molar-refractivity contribution in [2.24, 2.45) is 0 Å². The van der Waals surface area contributed by atoms with Crippen molar-refractivity contribution in [3.8, 4) is 0 Å². The van der Waals surface area contributed by atoms with Gasteiger partial charge >= 0.3 is 0 Å². The molecule has 0 aromatic carbocycles. The Hall–Kier alpha value is -1.85. The summed E-state index contributed by atoms with van der Waals surface area (Å²) in [4.78, 5) is 28.2. The lowest BCUT2D eigenvalue weighted by atomic mass is 9.91. The first kappa shape index (κ1) is 19.5. The third-order valence-corrected chi connectivity index (χ3v) is 6.84. The fraction of sp³-hybridized carbons (Fsp3) is 0.773. The van der Waals surface area contributed by atoms with Crippen LogP contribution >= 0.6 is 0 Å². The largest absolute Gasteiger partial charge is 0.340 e. The van der Waals surface area contributed by atoms with Gasteiger partial charge in [-0.15, -0.1) is 0 Å². The number of aromatic nitrogens is 2. The van der Waals surface area contributed by atoms with Crippen molar-refractivity contribution in [2.45, 2.75) is 102 Å². The zero-order chi connectivity index (χ0) is 19.7. The van der Waals surface area contributed by atoms with E-state index in [4.69, 9.17) is 0 Å². The van der Waals surface area contributed by atoms with Gasteiger partial charge < -0.3 is 10.2 Å². The lowest BCUT2D eigenvalue weighted by Gasteiger charge is -2.39. The number of carbonyl (C=O) groups is 2. The summed E-state index contributed by atoms with van der Waals surface area (Å²) < 4.78 is 2.03. The number of nitrogens with one attached hydrogen (secondary N) is 1. The van der Waals surface area contributed by atoms with Crippen LogP contribution in [0.1, 0.15) is 106 Å². The number of piperidine rings is 1. The van der Waals surface area contributed by atoms with Gasteiger partial charge in [0, 0.05) is 24.5 Å². The van der Waals surface area contributed by atoms with Crippen LogP contribution in [0.4, 0.5) is 0 Å². The molecule has 1 N–H and O–H groups in total. The fourth-order valence-electron chi connectivity index (χ4n) is 4.86. The zero-order valence-electron chi connectivity index (χ0n) is 17.3. The summed E-state index contributed by atoms with van der Waals surface area (Å²) in [5.74, 6) is 0.437. The van der Waals surface area contributed by atoms with Gasteiger partial charge in [0.2, 0.25) is 5.91 Å². The van der Waals surface area contributed by atoms with Crippen LogP contribution in [0.25, 0.3) is 0 Å². The van der Waals surface area contributed by atoms with Gasteiger partial charge in [-0.1, -0.05) is 26.2 Å². The number of likely N-dealkylation sites (tertiary alicyclic amines) is 1. The maximum atomic E-state index is 13.1. The minimum absolute atomic E-state index is 0.119. The molecule has 1 saturated heterocycles. The molecule has 2 unspecified atom stereocenters. The first-order valence-corrected chi connectivity index (χ1v) is 11.3. The van der Waals surface area contributed by atoms with E-state index in [0.29, 0.717) is 17.5 Å². The van der Waals surface area contributed by atoms with Crippen molar-refractivity contribution in [1.29, 1.82) is 0 Å². The summed E-state index contributed by atoms with van der Waals surface area (Å²) in [5.41, 5.74) is 1.74. The Morgan fingerprint density at radius 1 is 1.18 bits per heavy atom. The minimum atomic E-state index is -0.387. The highest BCUT2D eigenvalue weighted by Gasteiger charge is 2.37. The highest BCUT2D eigenvalue weighted by Crippen LogP contribution is 2.42. The van der Waals surface area contributed by atoms with E-state index in [9.17, 15) is 9.59 Å². The summed E-state index contributed by atoms with van der Waals surface area (Å²) in [5, 5.41) is 7.59. The highest BCUT2D eigenvalue weighted by atomic mass is 16.2. The number of carbonyl (C=O) groups excluding carboxylic acids is 2. The second-order valence-corrected chi connectivity index (χ2v) is 8.91. The van der Waals surface area contributed by atoms with Crippen LogP contribution in [0.5, 0.6) is 0 Å². The minimum Gasteiger partial charge on any atom is -0.340 e. The first-order valence-electron chi connectivity index (χ1n) is 11.3. The third-order valence-electron chi connectivity index (χ3n) is 6.84. The SMILES string of the molecule is CCC(C)n1ncc(C(=O)NC2CCCN(C3CCCCC3)C2=O)c1C1CC1. The summed E-state index contributed by atoms with van der Waals surface area (Å²) in [7, 11) is 0. The normalized spacial score (nSPS) is 25.0. The van der Waals surface area contributed by atoms with E-state index in [1.807, 2.05) is 4.68 Å². The third kappa shape index (κ3) is 3.83. The molecule has 3 aliphatic rings. The maximum absolute atomic E-state index is 13.1. The van der Waals surface area contributed by atoms with Gasteiger partial charge in [-0.3, -0.25) is 14.3 Å². The van der Waals surface area contributed by atoms with Crippen molar-refractivity contribution in [2.75, 3.05) is 6.54 Å². The Bertz CT molecular complexity index is 718. The van der Waals surface area contributed by atoms with Crippen LogP contribution in [-0.2, 0) is 4.79 Å². The van der Waals surface area contributed by atoms with Gasteiger partial charge in [-0.2, -0.15) is 5.10 Å². The van der Waals surface area contributed by atoms with Crippen molar-refractivity contribution < 1.29 is 9.59 Å². The Morgan fingerprint density at radius 2 is 1.93 bits per heavy atom. The van der Waals surface area contributed by atoms with E-state index in [1.54, 1.807) is 6.20 Å². The lowest BCUT2D eigenvalue weighted by molar-refractivity contribution is -0.139. The van der Waals surface area contributed by atoms with Gasteiger partial charge in [0.25, 0.3) is 5.91 Å². The molecule has 2 aliphatic carbocycles. The summed E-state index contributed by atoms with van der Waals surface area (Å²) in [6.45, 7) is 5.13. The second-order valence-electron chi connectivity index (χ2n) is 8.91.